The molecule has 1 heterocycles. The molecule has 1 aromatic heterocycles. The van der Waals surface area contributed by atoms with E-state index < -0.39 is 0 Å². The molecule has 6 heteroatoms. The highest BCUT2D eigenvalue weighted by Gasteiger charge is 2.22. The second-order valence-corrected chi connectivity index (χ2v) is 7.57. The zero-order valence-electron chi connectivity index (χ0n) is 16.4. The molecule has 0 atom stereocenters. The third-order valence-corrected chi connectivity index (χ3v) is 5.14. The molecule has 6 nitrogen and oxygen atoms in total. The van der Waals surface area contributed by atoms with Crippen LogP contribution < -0.4 is 15.5 Å². The number of hydrogen-bond donors (Lipinski definition) is 2. The van der Waals surface area contributed by atoms with Gasteiger partial charge in [0.15, 0.2) is 0 Å². The van der Waals surface area contributed by atoms with E-state index in [2.05, 4.69) is 20.6 Å². The number of nitrogens with zero attached hydrogens (tertiary/aromatic N) is 3. The van der Waals surface area contributed by atoms with E-state index in [1.54, 1.807) is 6.20 Å². The molecule has 0 bridgehead atoms. The Hall–Kier alpha value is -2.63. The predicted octanol–water partition coefficient (Wildman–Crippen LogP) is 3.25. The molecule has 0 aliphatic heterocycles. The zero-order chi connectivity index (χ0) is 19.2. The summed E-state index contributed by atoms with van der Waals surface area (Å²) in [6.07, 6.45) is 6.12. The number of aryl methyl sites for hydroxylation is 1. The van der Waals surface area contributed by atoms with E-state index in [-0.39, 0.29) is 5.91 Å². The number of anilines is 2. The zero-order valence-corrected chi connectivity index (χ0v) is 16.4. The summed E-state index contributed by atoms with van der Waals surface area (Å²) in [5, 5.41) is 6.54. The minimum absolute atomic E-state index is 0.0177. The molecule has 0 spiro atoms. The molecule has 0 radical (unpaired) electrons. The summed E-state index contributed by atoms with van der Waals surface area (Å²) in [5.74, 6) is 2.15. The Morgan fingerprint density at radius 1 is 1.11 bits per heavy atom. The van der Waals surface area contributed by atoms with E-state index in [1.165, 1.54) is 0 Å². The second-order valence-electron chi connectivity index (χ2n) is 7.57. The van der Waals surface area contributed by atoms with Crippen LogP contribution in [0.3, 0.4) is 0 Å². The number of aromatic nitrogens is 2. The summed E-state index contributed by atoms with van der Waals surface area (Å²) in [6, 6.07) is 10.0. The van der Waals surface area contributed by atoms with Gasteiger partial charge in [0.05, 0.1) is 0 Å². The number of rotatable bonds is 6. The topological polar surface area (TPSA) is 70.2 Å². The van der Waals surface area contributed by atoms with Gasteiger partial charge in [0.2, 0.25) is 5.95 Å². The van der Waals surface area contributed by atoms with Crippen LogP contribution in [-0.4, -0.2) is 42.6 Å². The van der Waals surface area contributed by atoms with Crippen LogP contribution in [0, 0.1) is 12.8 Å². The summed E-state index contributed by atoms with van der Waals surface area (Å²) in [5.41, 5.74) is 1.89. The number of carbonyl (C=O) groups is 1. The number of nitrogens with one attached hydrogen (secondary N) is 2. The van der Waals surface area contributed by atoms with Crippen molar-refractivity contribution in [2.45, 2.75) is 38.6 Å². The van der Waals surface area contributed by atoms with Crippen LogP contribution in [0.1, 0.15) is 41.6 Å². The standard InChI is InChI=1S/C21H29N5O/c1-15-4-8-17(9-5-15)20(27)23-14-16-6-10-18(11-7-16)24-21-22-13-12-19(25-21)26(2)3/h4-5,8-9,12-13,16,18H,6-7,10-11,14H2,1-3H3,(H,23,27)(H,22,24,25). The molecule has 0 unspecified atom stereocenters. The fraction of sp³-hybridized carbons (Fsp3) is 0.476. The van der Waals surface area contributed by atoms with E-state index in [0.29, 0.717) is 17.9 Å². The molecule has 2 N–H and O–H groups in total. The minimum Gasteiger partial charge on any atom is -0.363 e. The van der Waals surface area contributed by atoms with Gasteiger partial charge in [-0.25, -0.2) is 4.98 Å². The van der Waals surface area contributed by atoms with Crippen molar-refractivity contribution in [3.8, 4) is 0 Å². The third-order valence-electron chi connectivity index (χ3n) is 5.14. The lowest BCUT2D eigenvalue weighted by Gasteiger charge is -2.29. The highest BCUT2D eigenvalue weighted by atomic mass is 16.1. The molecule has 1 aliphatic rings. The highest BCUT2D eigenvalue weighted by Crippen LogP contribution is 2.26. The quantitative estimate of drug-likeness (QED) is 0.820. The molecule has 3 rings (SSSR count). The van der Waals surface area contributed by atoms with Crippen molar-refractivity contribution in [3.05, 3.63) is 47.7 Å². The number of benzene rings is 1. The first-order chi connectivity index (χ1) is 13.0. The van der Waals surface area contributed by atoms with Gasteiger partial charge in [-0.1, -0.05) is 17.7 Å². The first kappa shape index (κ1) is 19.1. The molecule has 0 saturated heterocycles. The molecule has 2 aromatic rings. The normalized spacial score (nSPS) is 19.4. The Morgan fingerprint density at radius 2 is 1.81 bits per heavy atom. The Morgan fingerprint density at radius 3 is 2.48 bits per heavy atom. The molecule has 1 amide bonds. The van der Waals surface area contributed by atoms with Gasteiger partial charge in [0.25, 0.3) is 5.91 Å². The van der Waals surface area contributed by atoms with E-state index >= 15 is 0 Å². The van der Waals surface area contributed by atoms with Gasteiger partial charge in [0, 0.05) is 38.4 Å². The first-order valence-electron chi connectivity index (χ1n) is 9.63. The van der Waals surface area contributed by atoms with Crippen molar-refractivity contribution in [2.75, 3.05) is 30.9 Å². The van der Waals surface area contributed by atoms with E-state index in [4.69, 9.17) is 0 Å². The maximum atomic E-state index is 12.2. The smallest absolute Gasteiger partial charge is 0.251 e. The molecule has 1 saturated carbocycles. The largest absolute Gasteiger partial charge is 0.363 e. The van der Waals surface area contributed by atoms with Crippen LogP contribution in [0.25, 0.3) is 0 Å². The summed E-state index contributed by atoms with van der Waals surface area (Å²) >= 11 is 0. The SMILES string of the molecule is Cc1ccc(C(=O)NCC2CCC(Nc3nccc(N(C)C)n3)CC2)cc1. The van der Waals surface area contributed by atoms with Gasteiger partial charge in [-0.3, -0.25) is 4.79 Å². The van der Waals surface area contributed by atoms with Gasteiger partial charge in [-0.15, -0.1) is 0 Å². The van der Waals surface area contributed by atoms with Crippen LogP contribution in [0.4, 0.5) is 11.8 Å². The molecule has 27 heavy (non-hydrogen) atoms. The molecule has 144 valence electrons. The molecule has 1 aliphatic carbocycles. The van der Waals surface area contributed by atoms with Crippen LogP contribution in [0.15, 0.2) is 36.5 Å². The summed E-state index contributed by atoms with van der Waals surface area (Å²) < 4.78 is 0. The van der Waals surface area contributed by atoms with Gasteiger partial charge >= 0.3 is 0 Å². The second kappa shape index (κ2) is 8.84. The van der Waals surface area contributed by atoms with Crippen molar-refractivity contribution < 1.29 is 4.79 Å². The van der Waals surface area contributed by atoms with Gasteiger partial charge in [-0.05, 0) is 56.7 Å². The number of carbonyl (C=O) groups excluding carboxylic acids is 1. The first-order valence-corrected chi connectivity index (χ1v) is 9.63. The van der Waals surface area contributed by atoms with Crippen molar-refractivity contribution in [3.63, 3.8) is 0 Å². The van der Waals surface area contributed by atoms with Crippen LogP contribution >= 0.6 is 0 Å². The van der Waals surface area contributed by atoms with Crippen LogP contribution in [0.2, 0.25) is 0 Å². The Kier molecular flexibility index (Phi) is 6.27. The van der Waals surface area contributed by atoms with Gasteiger partial charge in [-0.2, -0.15) is 4.98 Å². The summed E-state index contributed by atoms with van der Waals surface area (Å²) in [4.78, 5) is 23.1. The highest BCUT2D eigenvalue weighted by molar-refractivity contribution is 5.94. The van der Waals surface area contributed by atoms with Crippen LogP contribution in [0.5, 0.6) is 0 Å². The minimum atomic E-state index is 0.0177. The summed E-state index contributed by atoms with van der Waals surface area (Å²) in [6.45, 7) is 2.77. The lowest BCUT2D eigenvalue weighted by Crippen LogP contribution is -2.34. The van der Waals surface area contributed by atoms with Gasteiger partial charge < -0.3 is 15.5 Å². The number of hydrogen-bond acceptors (Lipinski definition) is 5. The fourth-order valence-electron chi connectivity index (χ4n) is 3.41. The van der Waals surface area contributed by atoms with Crippen molar-refractivity contribution in [1.29, 1.82) is 0 Å². The summed E-state index contributed by atoms with van der Waals surface area (Å²) in [7, 11) is 3.95. The average Bonchev–Trinajstić information content (AvgIpc) is 2.68. The van der Waals surface area contributed by atoms with Gasteiger partial charge in [0.1, 0.15) is 5.82 Å². The maximum Gasteiger partial charge on any atom is 0.251 e. The van der Waals surface area contributed by atoms with Crippen molar-refractivity contribution in [1.82, 2.24) is 15.3 Å². The lowest BCUT2D eigenvalue weighted by molar-refractivity contribution is 0.0943. The fourth-order valence-corrected chi connectivity index (χ4v) is 3.41. The Bertz CT molecular complexity index is 751. The average molecular weight is 367 g/mol. The Labute approximate surface area is 161 Å². The number of amides is 1. The van der Waals surface area contributed by atoms with E-state index in [0.717, 1.165) is 49.2 Å². The third kappa shape index (κ3) is 5.42. The van der Waals surface area contributed by atoms with Crippen molar-refractivity contribution >= 4 is 17.7 Å². The molecule has 1 aromatic carbocycles. The predicted molar refractivity (Wildman–Crippen MR) is 109 cm³/mol. The molecular formula is C21H29N5O. The van der Waals surface area contributed by atoms with Crippen LogP contribution in [-0.2, 0) is 0 Å². The monoisotopic (exact) mass is 367 g/mol. The lowest BCUT2D eigenvalue weighted by atomic mass is 9.86. The molecule has 1 fully saturated rings. The maximum absolute atomic E-state index is 12.2. The molecular weight excluding hydrogens is 338 g/mol. The Balaban J connectivity index is 1.43. The van der Waals surface area contributed by atoms with E-state index in [1.807, 2.05) is 56.3 Å². The van der Waals surface area contributed by atoms with Crippen molar-refractivity contribution in [2.24, 2.45) is 5.92 Å². The van der Waals surface area contributed by atoms with E-state index in [9.17, 15) is 4.79 Å².